The van der Waals surface area contributed by atoms with Crippen molar-refractivity contribution in [1.82, 2.24) is 15.5 Å². The Morgan fingerprint density at radius 1 is 1.38 bits per heavy atom. The van der Waals surface area contributed by atoms with Crippen molar-refractivity contribution < 1.29 is 14.4 Å². The van der Waals surface area contributed by atoms with E-state index < -0.39 is 11.9 Å². The Morgan fingerprint density at radius 2 is 2.10 bits per heavy atom. The van der Waals surface area contributed by atoms with Gasteiger partial charge in [0.1, 0.15) is 0 Å². The molecule has 1 heterocycles. The molecule has 1 unspecified atom stereocenters. The number of aromatic nitrogens is 2. The average molecular weight is 289 g/mol. The van der Waals surface area contributed by atoms with Crippen molar-refractivity contribution >= 4 is 5.97 Å². The monoisotopic (exact) mass is 289 g/mol. The molecule has 2 N–H and O–H groups in total. The highest BCUT2D eigenvalue weighted by molar-refractivity contribution is 5.75. The Bertz CT molecular complexity index is 592. The molecule has 0 aliphatic rings. The largest absolute Gasteiger partial charge is 0.481 e. The maximum absolute atomic E-state index is 10.9. The minimum atomic E-state index is -0.809. The zero-order chi connectivity index (χ0) is 15.2. The van der Waals surface area contributed by atoms with Crippen molar-refractivity contribution in [2.75, 3.05) is 6.54 Å². The van der Waals surface area contributed by atoms with Crippen LogP contribution in [0.4, 0.5) is 0 Å². The standard InChI is InChI=1S/C15H19N3O3/c1-10(15(19)20)13-5-3-12(4-6-13)9-16-8-7-14-17-11(2)21-18-14/h3-6,10,16H,7-9H2,1-2H3,(H,19,20). The normalized spacial score (nSPS) is 12.3. The molecule has 1 aromatic heterocycles. The molecule has 6 heteroatoms. The predicted octanol–water partition coefficient (Wildman–Crippen LogP) is 1.90. The quantitative estimate of drug-likeness (QED) is 0.757. The smallest absolute Gasteiger partial charge is 0.310 e. The minimum absolute atomic E-state index is 0.478. The number of carbonyl (C=O) groups is 1. The van der Waals surface area contributed by atoms with Crippen LogP contribution in [0, 0.1) is 6.92 Å². The molecule has 0 radical (unpaired) electrons. The lowest BCUT2D eigenvalue weighted by Gasteiger charge is -2.08. The van der Waals surface area contributed by atoms with Crippen LogP contribution in [-0.4, -0.2) is 27.8 Å². The number of nitrogens with zero attached hydrogens (tertiary/aromatic N) is 2. The highest BCUT2D eigenvalue weighted by atomic mass is 16.5. The molecule has 0 bridgehead atoms. The molecule has 0 saturated heterocycles. The fourth-order valence-corrected chi connectivity index (χ4v) is 1.94. The van der Waals surface area contributed by atoms with Gasteiger partial charge in [0.25, 0.3) is 0 Å². The molecule has 2 rings (SSSR count). The molecule has 0 saturated carbocycles. The number of carboxylic acid groups (broad SMARTS) is 1. The highest BCUT2D eigenvalue weighted by Crippen LogP contribution is 2.15. The van der Waals surface area contributed by atoms with E-state index in [0.717, 1.165) is 24.2 Å². The molecule has 0 amide bonds. The molecule has 0 spiro atoms. The SMILES string of the molecule is Cc1nc(CCNCc2ccc(C(C)C(=O)O)cc2)no1. The lowest BCUT2D eigenvalue weighted by molar-refractivity contribution is -0.138. The number of rotatable bonds is 7. The van der Waals surface area contributed by atoms with Gasteiger partial charge in [0.05, 0.1) is 5.92 Å². The van der Waals surface area contributed by atoms with Gasteiger partial charge in [-0.3, -0.25) is 4.79 Å². The second kappa shape index (κ2) is 6.99. The van der Waals surface area contributed by atoms with E-state index in [9.17, 15) is 4.79 Å². The number of aliphatic carboxylic acids is 1. The Hall–Kier alpha value is -2.21. The molecule has 1 aromatic carbocycles. The van der Waals surface area contributed by atoms with Crippen molar-refractivity contribution in [1.29, 1.82) is 0 Å². The van der Waals surface area contributed by atoms with E-state index in [1.54, 1.807) is 13.8 Å². The fourth-order valence-electron chi connectivity index (χ4n) is 1.94. The van der Waals surface area contributed by atoms with E-state index in [1.165, 1.54) is 0 Å². The predicted molar refractivity (Wildman–Crippen MR) is 76.9 cm³/mol. The van der Waals surface area contributed by atoms with Gasteiger partial charge in [-0.25, -0.2) is 0 Å². The molecule has 112 valence electrons. The summed E-state index contributed by atoms with van der Waals surface area (Å²) in [6.45, 7) is 4.93. The zero-order valence-corrected chi connectivity index (χ0v) is 12.2. The van der Waals surface area contributed by atoms with E-state index in [4.69, 9.17) is 9.63 Å². The van der Waals surface area contributed by atoms with E-state index in [0.29, 0.717) is 18.1 Å². The van der Waals surface area contributed by atoms with Crippen LogP contribution in [0.15, 0.2) is 28.8 Å². The third-order valence-electron chi connectivity index (χ3n) is 3.27. The summed E-state index contributed by atoms with van der Waals surface area (Å²) in [6, 6.07) is 7.61. The van der Waals surface area contributed by atoms with Crippen LogP contribution in [0.3, 0.4) is 0 Å². The van der Waals surface area contributed by atoms with Gasteiger partial charge in [0.15, 0.2) is 5.82 Å². The number of hydrogen-bond donors (Lipinski definition) is 2. The van der Waals surface area contributed by atoms with Gasteiger partial charge in [0, 0.05) is 26.4 Å². The highest BCUT2D eigenvalue weighted by Gasteiger charge is 2.12. The van der Waals surface area contributed by atoms with Gasteiger partial charge in [-0.15, -0.1) is 0 Å². The van der Waals surface area contributed by atoms with E-state index in [1.807, 2.05) is 24.3 Å². The van der Waals surface area contributed by atoms with Gasteiger partial charge in [0.2, 0.25) is 5.89 Å². The number of hydrogen-bond acceptors (Lipinski definition) is 5. The summed E-state index contributed by atoms with van der Waals surface area (Å²) < 4.78 is 4.90. The van der Waals surface area contributed by atoms with Crippen LogP contribution in [0.1, 0.15) is 35.7 Å². The van der Waals surface area contributed by atoms with E-state index >= 15 is 0 Å². The van der Waals surface area contributed by atoms with Crippen LogP contribution >= 0.6 is 0 Å². The molecular formula is C15H19N3O3. The van der Waals surface area contributed by atoms with Crippen LogP contribution in [0.2, 0.25) is 0 Å². The molecule has 21 heavy (non-hydrogen) atoms. The molecule has 0 aliphatic carbocycles. The Morgan fingerprint density at radius 3 is 2.67 bits per heavy atom. The van der Waals surface area contributed by atoms with E-state index in [-0.39, 0.29) is 0 Å². The Kier molecular flexibility index (Phi) is 5.05. The summed E-state index contributed by atoms with van der Waals surface area (Å²) in [5.41, 5.74) is 1.93. The van der Waals surface area contributed by atoms with Gasteiger partial charge in [-0.05, 0) is 18.1 Å². The van der Waals surface area contributed by atoms with Gasteiger partial charge >= 0.3 is 5.97 Å². The maximum atomic E-state index is 10.9. The van der Waals surface area contributed by atoms with Crippen molar-refractivity contribution in [2.45, 2.75) is 32.7 Å². The summed E-state index contributed by atoms with van der Waals surface area (Å²) >= 11 is 0. The second-order valence-electron chi connectivity index (χ2n) is 4.96. The number of aryl methyl sites for hydroxylation is 1. The van der Waals surface area contributed by atoms with Crippen LogP contribution in [0.25, 0.3) is 0 Å². The lowest BCUT2D eigenvalue weighted by atomic mass is 10.0. The molecule has 6 nitrogen and oxygen atoms in total. The lowest BCUT2D eigenvalue weighted by Crippen LogP contribution is -2.17. The Balaban J connectivity index is 1.77. The average Bonchev–Trinajstić information content (AvgIpc) is 2.89. The van der Waals surface area contributed by atoms with Crippen molar-refractivity contribution in [3.05, 3.63) is 47.1 Å². The summed E-state index contributed by atoms with van der Waals surface area (Å²) in [7, 11) is 0. The Labute approximate surface area is 123 Å². The van der Waals surface area contributed by atoms with Gasteiger partial charge in [-0.2, -0.15) is 4.98 Å². The zero-order valence-electron chi connectivity index (χ0n) is 12.2. The van der Waals surface area contributed by atoms with E-state index in [2.05, 4.69) is 15.5 Å². The van der Waals surface area contributed by atoms with Crippen molar-refractivity contribution in [2.24, 2.45) is 0 Å². The van der Waals surface area contributed by atoms with Crippen LogP contribution in [0.5, 0.6) is 0 Å². The first-order valence-corrected chi connectivity index (χ1v) is 6.88. The first-order chi connectivity index (χ1) is 10.1. The summed E-state index contributed by atoms with van der Waals surface area (Å²) in [5, 5.41) is 16.1. The number of benzene rings is 1. The third-order valence-corrected chi connectivity index (χ3v) is 3.27. The topological polar surface area (TPSA) is 88.2 Å². The van der Waals surface area contributed by atoms with Crippen LogP contribution in [-0.2, 0) is 17.8 Å². The molecule has 2 aromatic rings. The fraction of sp³-hybridized carbons (Fsp3) is 0.400. The van der Waals surface area contributed by atoms with Gasteiger partial charge in [-0.1, -0.05) is 29.4 Å². The maximum Gasteiger partial charge on any atom is 0.310 e. The second-order valence-corrected chi connectivity index (χ2v) is 4.96. The summed E-state index contributed by atoms with van der Waals surface area (Å²) in [6.07, 6.45) is 0.714. The minimum Gasteiger partial charge on any atom is -0.481 e. The van der Waals surface area contributed by atoms with Gasteiger partial charge < -0.3 is 14.9 Å². The van der Waals surface area contributed by atoms with Crippen LogP contribution < -0.4 is 5.32 Å². The molecule has 0 fully saturated rings. The summed E-state index contributed by atoms with van der Waals surface area (Å²) in [5.74, 6) is -0.0106. The first-order valence-electron chi connectivity index (χ1n) is 6.88. The summed E-state index contributed by atoms with van der Waals surface area (Å²) in [4.78, 5) is 15.0. The number of nitrogens with one attached hydrogen (secondary N) is 1. The number of carboxylic acids is 1. The van der Waals surface area contributed by atoms with Crippen molar-refractivity contribution in [3.63, 3.8) is 0 Å². The molecule has 1 atom stereocenters. The van der Waals surface area contributed by atoms with Crippen molar-refractivity contribution in [3.8, 4) is 0 Å². The molecule has 0 aliphatic heterocycles. The third kappa shape index (κ3) is 4.39. The first kappa shape index (κ1) is 15.2. The molecular weight excluding hydrogens is 270 g/mol.